The molecule has 5 rings (SSSR count). The zero-order valence-corrected chi connectivity index (χ0v) is 20.4. The van der Waals surface area contributed by atoms with Gasteiger partial charge in [0, 0.05) is 29.7 Å². The molecule has 0 saturated heterocycles. The topological polar surface area (TPSA) is 100 Å². The number of hydrogen-bond acceptors (Lipinski definition) is 8. The summed E-state index contributed by atoms with van der Waals surface area (Å²) in [6.45, 7) is 0. The van der Waals surface area contributed by atoms with Crippen LogP contribution >= 0.6 is 11.3 Å². The summed E-state index contributed by atoms with van der Waals surface area (Å²) in [6, 6.07) is 16.2. The number of ether oxygens (including phenoxy) is 1. The van der Waals surface area contributed by atoms with Crippen molar-refractivity contribution >= 4 is 50.5 Å². The second-order valence-corrected chi connectivity index (χ2v) is 8.87. The zero-order valence-electron chi connectivity index (χ0n) is 19.6. The Bertz CT molecular complexity index is 1670. The van der Waals surface area contributed by atoms with Crippen molar-refractivity contribution in [3.63, 3.8) is 0 Å². The van der Waals surface area contributed by atoms with Crippen LogP contribution in [0.3, 0.4) is 0 Å². The van der Waals surface area contributed by atoms with E-state index in [0.29, 0.717) is 38.8 Å². The Morgan fingerprint density at radius 3 is 2.49 bits per heavy atom. The number of aromatic nitrogens is 3. The van der Waals surface area contributed by atoms with Crippen molar-refractivity contribution in [3.8, 4) is 11.3 Å². The van der Waals surface area contributed by atoms with Crippen LogP contribution in [0.25, 0.3) is 22.3 Å². The van der Waals surface area contributed by atoms with Crippen molar-refractivity contribution in [3.05, 3.63) is 93.7 Å². The zero-order chi connectivity index (χ0) is 26.1. The van der Waals surface area contributed by atoms with Crippen LogP contribution in [-0.2, 0) is 4.74 Å². The first kappa shape index (κ1) is 24.1. The van der Waals surface area contributed by atoms with Gasteiger partial charge in [0.1, 0.15) is 11.6 Å². The first-order valence-electron chi connectivity index (χ1n) is 11.0. The molecule has 0 bridgehead atoms. The molecule has 0 spiro atoms. The number of hydrogen-bond donors (Lipinski definition) is 2. The van der Waals surface area contributed by atoms with E-state index in [4.69, 9.17) is 0 Å². The van der Waals surface area contributed by atoms with E-state index in [2.05, 4.69) is 25.0 Å². The Kier molecular flexibility index (Phi) is 6.36. The normalized spacial score (nSPS) is 10.9. The molecule has 0 amide bonds. The van der Waals surface area contributed by atoms with Gasteiger partial charge in [-0.25, -0.2) is 23.5 Å². The number of halogens is 2. The molecule has 0 unspecified atom stereocenters. The van der Waals surface area contributed by atoms with Crippen molar-refractivity contribution in [1.29, 1.82) is 0 Å². The second-order valence-electron chi connectivity index (χ2n) is 8.01. The number of nitrogens with zero attached hydrogens (tertiary/aromatic N) is 3. The molecule has 11 heteroatoms. The molecule has 186 valence electrons. The van der Waals surface area contributed by atoms with Crippen LogP contribution in [0, 0.1) is 11.6 Å². The van der Waals surface area contributed by atoms with Gasteiger partial charge in [0.05, 0.1) is 35.2 Å². The Morgan fingerprint density at radius 2 is 1.78 bits per heavy atom. The lowest BCUT2D eigenvalue weighted by molar-refractivity contribution is 0.0592. The third kappa shape index (κ3) is 4.89. The molecule has 0 fully saturated rings. The van der Waals surface area contributed by atoms with E-state index < -0.39 is 23.2 Å². The van der Waals surface area contributed by atoms with Crippen molar-refractivity contribution in [2.45, 2.75) is 0 Å². The summed E-state index contributed by atoms with van der Waals surface area (Å²) in [5.74, 6) is -2.23. The maximum Gasteiger partial charge on any atom is 0.362 e. The third-order valence-corrected chi connectivity index (χ3v) is 6.35. The molecule has 0 aliphatic rings. The molecule has 0 aliphatic carbocycles. The minimum absolute atomic E-state index is 0.311. The van der Waals surface area contributed by atoms with Gasteiger partial charge >= 0.3 is 5.97 Å². The molecular weight excluding hydrogens is 500 g/mol. The van der Waals surface area contributed by atoms with E-state index in [1.54, 1.807) is 17.5 Å². The molecule has 0 saturated carbocycles. The van der Waals surface area contributed by atoms with E-state index >= 15 is 0 Å². The van der Waals surface area contributed by atoms with Gasteiger partial charge in [-0.3, -0.25) is 4.79 Å². The maximum absolute atomic E-state index is 13.7. The van der Waals surface area contributed by atoms with Gasteiger partial charge in [-0.15, -0.1) is 11.3 Å². The molecule has 2 heterocycles. The Morgan fingerprint density at radius 1 is 1.05 bits per heavy atom. The standard InChI is InChI=1S/C26H19F2N5O3S/c1-33(17-6-4-3-5-7-17)22-12-19-18(30-24(34)23(29-19)25(35)36-2)11-20(22)31-26-32-21(13-37-26)14-8-15(27)10-16(28)9-14/h3-13H,1-2H3,(H,30,34)(H,31,32). The largest absolute Gasteiger partial charge is 0.464 e. The van der Waals surface area contributed by atoms with Gasteiger partial charge in [0.15, 0.2) is 5.13 Å². The number of H-pyrrole nitrogens is 1. The van der Waals surface area contributed by atoms with Crippen LogP contribution in [0.4, 0.5) is 31.0 Å². The lowest BCUT2D eigenvalue weighted by Gasteiger charge is -2.23. The highest BCUT2D eigenvalue weighted by molar-refractivity contribution is 7.14. The van der Waals surface area contributed by atoms with Gasteiger partial charge in [-0.2, -0.15) is 0 Å². The Hall–Kier alpha value is -4.64. The lowest BCUT2D eigenvalue weighted by atomic mass is 10.1. The van der Waals surface area contributed by atoms with Crippen LogP contribution in [0.5, 0.6) is 0 Å². The maximum atomic E-state index is 13.7. The number of para-hydroxylation sites is 1. The summed E-state index contributed by atoms with van der Waals surface area (Å²) < 4.78 is 32.1. The number of carbonyl (C=O) groups is 1. The molecule has 0 radical (unpaired) electrons. The van der Waals surface area contributed by atoms with Crippen LogP contribution in [0.2, 0.25) is 0 Å². The molecular formula is C26H19F2N5O3S. The number of anilines is 4. The predicted octanol–water partition coefficient (Wildman–Crippen LogP) is 5.62. The van der Waals surface area contributed by atoms with E-state index in [0.717, 1.165) is 11.8 Å². The highest BCUT2D eigenvalue weighted by atomic mass is 32.1. The van der Waals surface area contributed by atoms with E-state index in [1.807, 2.05) is 42.3 Å². The van der Waals surface area contributed by atoms with Gasteiger partial charge in [0.25, 0.3) is 5.56 Å². The van der Waals surface area contributed by atoms with Gasteiger partial charge in [-0.05, 0) is 36.4 Å². The SMILES string of the molecule is COC(=O)c1nc2cc(N(C)c3ccccc3)c(Nc3nc(-c4cc(F)cc(F)c4)cs3)cc2[nH]c1=O. The quantitative estimate of drug-likeness (QED) is 0.281. The van der Waals surface area contributed by atoms with Crippen LogP contribution in [0.15, 0.2) is 70.8 Å². The molecule has 2 N–H and O–H groups in total. The van der Waals surface area contributed by atoms with Crippen molar-refractivity contribution in [1.82, 2.24) is 15.0 Å². The van der Waals surface area contributed by atoms with Crippen LogP contribution < -0.4 is 15.8 Å². The van der Waals surface area contributed by atoms with Crippen LogP contribution in [0.1, 0.15) is 10.5 Å². The monoisotopic (exact) mass is 519 g/mol. The Balaban J connectivity index is 1.60. The number of aromatic amines is 1. The van der Waals surface area contributed by atoms with Gasteiger partial charge in [-0.1, -0.05) is 18.2 Å². The average molecular weight is 520 g/mol. The summed E-state index contributed by atoms with van der Waals surface area (Å²) in [5, 5.41) is 5.39. The average Bonchev–Trinajstić information content (AvgIpc) is 3.36. The molecule has 5 aromatic rings. The highest BCUT2D eigenvalue weighted by Gasteiger charge is 2.18. The Labute approximate surface area is 213 Å². The van der Waals surface area contributed by atoms with Crippen molar-refractivity contribution in [2.24, 2.45) is 0 Å². The molecule has 3 aromatic carbocycles. The summed E-state index contributed by atoms with van der Waals surface area (Å²) in [7, 11) is 3.03. The summed E-state index contributed by atoms with van der Waals surface area (Å²) in [6.07, 6.45) is 0. The van der Waals surface area contributed by atoms with E-state index in [-0.39, 0.29) is 5.69 Å². The lowest BCUT2D eigenvalue weighted by Crippen LogP contribution is -2.21. The number of thiazole rings is 1. The number of benzene rings is 3. The molecule has 0 aliphatic heterocycles. The number of nitrogens with one attached hydrogen (secondary N) is 2. The number of rotatable bonds is 6. The number of fused-ring (bicyclic) bond motifs is 1. The molecule has 37 heavy (non-hydrogen) atoms. The van der Waals surface area contributed by atoms with E-state index in [1.165, 1.54) is 30.6 Å². The fourth-order valence-corrected chi connectivity index (χ4v) is 4.54. The smallest absolute Gasteiger partial charge is 0.362 e. The summed E-state index contributed by atoms with van der Waals surface area (Å²) in [4.78, 5) is 37.7. The first-order chi connectivity index (χ1) is 17.8. The van der Waals surface area contributed by atoms with Crippen molar-refractivity contribution in [2.75, 3.05) is 24.4 Å². The predicted molar refractivity (Wildman–Crippen MR) is 139 cm³/mol. The summed E-state index contributed by atoms with van der Waals surface area (Å²) >= 11 is 1.25. The number of esters is 1. The molecule has 8 nitrogen and oxygen atoms in total. The van der Waals surface area contributed by atoms with Gasteiger partial charge < -0.3 is 19.9 Å². The fourth-order valence-electron chi connectivity index (χ4n) is 3.81. The minimum Gasteiger partial charge on any atom is -0.464 e. The minimum atomic E-state index is -0.840. The van der Waals surface area contributed by atoms with Gasteiger partial charge in [0.2, 0.25) is 5.69 Å². The fraction of sp³-hybridized carbons (Fsp3) is 0.0769. The molecule has 2 aromatic heterocycles. The second kappa shape index (κ2) is 9.78. The third-order valence-electron chi connectivity index (χ3n) is 5.60. The molecule has 0 atom stereocenters. The van der Waals surface area contributed by atoms with E-state index in [9.17, 15) is 18.4 Å². The van der Waals surface area contributed by atoms with Crippen molar-refractivity contribution < 1.29 is 18.3 Å². The highest BCUT2D eigenvalue weighted by Crippen LogP contribution is 2.37. The van der Waals surface area contributed by atoms with Crippen LogP contribution in [-0.4, -0.2) is 35.1 Å². The first-order valence-corrected chi connectivity index (χ1v) is 11.8. The number of carbonyl (C=O) groups excluding carboxylic acids is 1. The number of methoxy groups -OCH3 is 1. The summed E-state index contributed by atoms with van der Waals surface area (Å²) in [5.41, 5.74) is 2.56.